The van der Waals surface area contributed by atoms with Crippen molar-refractivity contribution in [2.45, 2.75) is 25.7 Å². The molecule has 15 heavy (non-hydrogen) atoms. The zero-order valence-corrected chi connectivity index (χ0v) is 9.63. The van der Waals surface area contributed by atoms with Gasteiger partial charge >= 0.3 is 0 Å². The topological polar surface area (TPSA) is 85.0 Å². The molecule has 0 saturated carbocycles. The quantitative estimate of drug-likeness (QED) is 0.606. The molecule has 0 unspecified atom stereocenters. The number of hydrogen-bond acceptors (Lipinski definition) is 4. The Morgan fingerprint density at radius 2 is 1.47 bits per heavy atom. The maximum atomic E-state index is 11.3. The molecule has 0 saturated heterocycles. The summed E-state index contributed by atoms with van der Waals surface area (Å²) in [4.78, 5) is 0. The second kappa shape index (κ2) is 7.22. The first-order valence-electron chi connectivity index (χ1n) is 4.71. The number of rotatable bonds is 7. The van der Waals surface area contributed by atoms with E-state index in [0.29, 0.717) is 38.8 Å². The van der Waals surface area contributed by atoms with Gasteiger partial charge < -0.3 is 0 Å². The Balaban J connectivity index is 4.11. The minimum atomic E-state index is -3.21. The Bertz CT molecular complexity index is 331. The number of nitrogens with zero attached hydrogens (tertiary/aromatic N) is 3. The van der Waals surface area contributed by atoms with Crippen molar-refractivity contribution in [2.24, 2.45) is 0 Å². The summed E-state index contributed by atoms with van der Waals surface area (Å²) in [6.45, 7) is 0.718. The number of sulfonamides is 1. The van der Waals surface area contributed by atoms with Crippen LogP contribution in [0.1, 0.15) is 25.7 Å². The van der Waals surface area contributed by atoms with Crippen LogP contribution >= 0.6 is 0 Å². The summed E-state index contributed by atoms with van der Waals surface area (Å²) in [5, 5.41) is 16.7. The highest BCUT2D eigenvalue weighted by Crippen LogP contribution is 2.03. The van der Waals surface area contributed by atoms with Crippen LogP contribution in [0.25, 0.3) is 0 Å². The van der Waals surface area contributed by atoms with Crippen LogP contribution in [0.2, 0.25) is 0 Å². The fraction of sp³-hybridized carbons (Fsp3) is 0.778. The molecule has 84 valence electrons. The summed E-state index contributed by atoms with van der Waals surface area (Å²) in [5.74, 6) is 0. The predicted molar refractivity (Wildman–Crippen MR) is 56.1 cm³/mol. The largest absolute Gasteiger partial charge is 0.213 e. The van der Waals surface area contributed by atoms with Gasteiger partial charge in [0.15, 0.2) is 0 Å². The van der Waals surface area contributed by atoms with Gasteiger partial charge in [-0.05, 0) is 12.8 Å². The van der Waals surface area contributed by atoms with Gasteiger partial charge in [-0.2, -0.15) is 10.5 Å². The molecule has 0 atom stereocenters. The van der Waals surface area contributed by atoms with Gasteiger partial charge in [0, 0.05) is 25.9 Å². The average Bonchev–Trinajstić information content (AvgIpc) is 2.14. The van der Waals surface area contributed by atoms with Crippen LogP contribution < -0.4 is 0 Å². The first-order valence-corrected chi connectivity index (χ1v) is 6.56. The van der Waals surface area contributed by atoms with Crippen molar-refractivity contribution in [3.63, 3.8) is 0 Å². The molecule has 6 heteroatoms. The SMILES string of the molecule is CS(=O)(=O)N(CCCC#N)CCCC#N. The first-order chi connectivity index (χ1) is 7.02. The third-order valence-corrected chi connectivity index (χ3v) is 3.16. The zero-order chi connectivity index (χ0) is 11.7. The highest BCUT2D eigenvalue weighted by molar-refractivity contribution is 7.88. The van der Waals surface area contributed by atoms with Crippen molar-refractivity contribution in [3.8, 4) is 12.1 Å². The van der Waals surface area contributed by atoms with Gasteiger partial charge in [0.05, 0.1) is 18.4 Å². The van der Waals surface area contributed by atoms with Crippen LogP contribution in [-0.2, 0) is 10.0 Å². The van der Waals surface area contributed by atoms with Gasteiger partial charge in [0.1, 0.15) is 0 Å². The molecular formula is C9H15N3O2S. The maximum absolute atomic E-state index is 11.3. The Labute approximate surface area is 91.0 Å². The van der Waals surface area contributed by atoms with E-state index in [0.717, 1.165) is 6.26 Å². The van der Waals surface area contributed by atoms with Crippen molar-refractivity contribution in [1.29, 1.82) is 10.5 Å². The molecule has 0 fully saturated rings. The molecule has 0 heterocycles. The molecule has 0 aliphatic rings. The summed E-state index contributed by atoms with van der Waals surface area (Å²) in [5.41, 5.74) is 0. The van der Waals surface area contributed by atoms with Gasteiger partial charge in [-0.25, -0.2) is 12.7 Å². The van der Waals surface area contributed by atoms with Crippen LogP contribution in [0.15, 0.2) is 0 Å². The predicted octanol–water partition coefficient (Wildman–Crippen LogP) is 0.856. The van der Waals surface area contributed by atoms with Crippen LogP contribution in [-0.4, -0.2) is 32.1 Å². The van der Waals surface area contributed by atoms with Crippen molar-refractivity contribution in [3.05, 3.63) is 0 Å². The molecule has 0 rings (SSSR count). The molecule has 0 aromatic rings. The maximum Gasteiger partial charge on any atom is 0.211 e. The van der Waals surface area contributed by atoms with Crippen LogP contribution in [0.3, 0.4) is 0 Å². The van der Waals surface area contributed by atoms with E-state index >= 15 is 0 Å². The lowest BCUT2D eigenvalue weighted by Gasteiger charge is -2.18. The molecule has 0 bridgehead atoms. The van der Waals surface area contributed by atoms with Crippen molar-refractivity contribution in [2.75, 3.05) is 19.3 Å². The third kappa shape index (κ3) is 6.89. The van der Waals surface area contributed by atoms with Crippen LogP contribution in [0, 0.1) is 22.7 Å². The van der Waals surface area contributed by atoms with Gasteiger partial charge in [-0.3, -0.25) is 0 Å². The van der Waals surface area contributed by atoms with E-state index < -0.39 is 10.0 Å². The van der Waals surface area contributed by atoms with E-state index in [1.54, 1.807) is 0 Å². The van der Waals surface area contributed by atoms with Gasteiger partial charge in [0.25, 0.3) is 0 Å². The molecule has 0 radical (unpaired) electrons. The monoisotopic (exact) mass is 229 g/mol. The Hall–Kier alpha value is -1.11. The normalized spacial score (nSPS) is 10.9. The highest BCUT2D eigenvalue weighted by atomic mass is 32.2. The molecule has 0 aromatic heterocycles. The van der Waals surface area contributed by atoms with Gasteiger partial charge in [-0.1, -0.05) is 0 Å². The lowest BCUT2D eigenvalue weighted by molar-refractivity contribution is 0.405. The minimum absolute atomic E-state index is 0.351. The number of hydrogen-bond donors (Lipinski definition) is 0. The highest BCUT2D eigenvalue weighted by Gasteiger charge is 2.14. The Morgan fingerprint density at radius 1 is 1.07 bits per heavy atom. The van der Waals surface area contributed by atoms with E-state index in [9.17, 15) is 8.42 Å². The van der Waals surface area contributed by atoms with E-state index in [-0.39, 0.29) is 0 Å². The summed E-state index contributed by atoms with van der Waals surface area (Å²) in [6.07, 6.45) is 2.92. The molecule has 0 aliphatic heterocycles. The van der Waals surface area contributed by atoms with Crippen molar-refractivity contribution >= 4 is 10.0 Å². The number of nitriles is 2. The number of unbranched alkanes of at least 4 members (excludes halogenated alkanes) is 2. The van der Waals surface area contributed by atoms with E-state index in [4.69, 9.17) is 10.5 Å². The molecule has 0 amide bonds. The second-order valence-corrected chi connectivity index (χ2v) is 5.17. The third-order valence-electron chi connectivity index (χ3n) is 1.86. The smallest absolute Gasteiger partial charge is 0.211 e. The Kier molecular flexibility index (Phi) is 6.68. The summed E-state index contributed by atoms with van der Waals surface area (Å²) in [7, 11) is -3.21. The standard InChI is InChI=1S/C9H15N3O2S/c1-15(13,14)12(8-4-2-6-10)9-5-3-7-11/h2-5,8-9H2,1H3. The summed E-state index contributed by atoms with van der Waals surface area (Å²) < 4.78 is 23.9. The Morgan fingerprint density at radius 3 is 1.73 bits per heavy atom. The molecular weight excluding hydrogens is 214 g/mol. The molecule has 5 nitrogen and oxygen atoms in total. The fourth-order valence-electron chi connectivity index (χ4n) is 1.11. The average molecular weight is 229 g/mol. The van der Waals surface area contributed by atoms with Gasteiger partial charge in [-0.15, -0.1) is 0 Å². The lowest BCUT2D eigenvalue weighted by atomic mass is 10.3. The summed E-state index contributed by atoms with van der Waals surface area (Å²) in [6, 6.07) is 3.94. The molecule has 0 N–H and O–H groups in total. The second-order valence-electron chi connectivity index (χ2n) is 3.19. The van der Waals surface area contributed by atoms with Gasteiger partial charge in [0.2, 0.25) is 10.0 Å². The summed E-state index contributed by atoms with van der Waals surface area (Å²) >= 11 is 0. The lowest BCUT2D eigenvalue weighted by Crippen LogP contribution is -2.31. The van der Waals surface area contributed by atoms with E-state index in [1.165, 1.54) is 4.31 Å². The minimum Gasteiger partial charge on any atom is -0.213 e. The van der Waals surface area contributed by atoms with Crippen LogP contribution in [0.4, 0.5) is 0 Å². The zero-order valence-electron chi connectivity index (χ0n) is 8.81. The van der Waals surface area contributed by atoms with Crippen molar-refractivity contribution < 1.29 is 8.42 Å². The molecule has 0 spiro atoms. The van der Waals surface area contributed by atoms with Crippen molar-refractivity contribution in [1.82, 2.24) is 4.31 Å². The first kappa shape index (κ1) is 13.9. The molecule has 0 aromatic carbocycles. The van der Waals surface area contributed by atoms with E-state index in [1.807, 2.05) is 12.1 Å². The van der Waals surface area contributed by atoms with Crippen LogP contribution in [0.5, 0.6) is 0 Å². The molecule has 0 aliphatic carbocycles. The fourth-order valence-corrected chi connectivity index (χ4v) is 2.03. The van der Waals surface area contributed by atoms with E-state index in [2.05, 4.69) is 0 Å².